The summed E-state index contributed by atoms with van der Waals surface area (Å²) in [6.45, 7) is 0.744. The number of oxazole rings is 1. The first kappa shape index (κ1) is 11.5. The van der Waals surface area contributed by atoms with Crippen molar-refractivity contribution in [2.24, 2.45) is 0 Å². The van der Waals surface area contributed by atoms with E-state index in [2.05, 4.69) is 15.3 Å². The lowest BCUT2D eigenvalue weighted by Gasteiger charge is -2.00. The second-order valence-electron chi connectivity index (χ2n) is 4.28. The molecule has 0 bridgehead atoms. The number of nitrogen functional groups attached to an aromatic ring is 1. The molecule has 0 atom stereocenters. The van der Waals surface area contributed by atoms with Crippen molar-refractivity contribution in [2.75, 3.05) is 17.6 Å². The van der Waals surface area contributed by atoms with E-state index >= 15 is 0 Å². The van der Waals surface area contributed by atoms with Gasteiger partial charge in [-0.05, 0) is 36.2 Å². The van der Waals surface area contributed by atoms with E-state index in [1.54, 1.807) is 18.3 Å². The molecule has 0 aliphatic rings. The normalized spacial score (nSPS) is 10.7. The number of pyridine rings is 1. The molecule has 19 heavy (non-hydrogen) atoms. The number of hydrogen-bond acceptors (Lipinski definition) is 5. The van der Waals surface area contributed by atoms with Crippen molar-refractivity contribution in [3.05, 3.63) is 48.3 Å². The zero-order valence-corrected chi connectivity index (χ0v) is 10.3. The fourth-order valence-electron chi connectivity index (χ4n) is 1.88. The molecule has 0 aliphatic carbocycles. The van der Waals surface area contributed by atoms with Crippen LogP contribution >= 0.6 is 0 Å². The lowest BCUT2D eigenvalue weighted by Crippen LogP contribution is -2.04. The summed E-state index contributed by atoms with van der Waals surface area (Å²) in [5.41, 5.74) is 9.06. The van der Waals surface area contributed by atoms with E-state index in [9.17, 15) is 0 Å². The van der Waals surface area contributed by atoms with E-state index in [1.165, 1.54) is 5.56 Å². The summed E-state index contributed by atoms with van der Waals surface area (Å²) >= 11 is 0. The fourth-order valence-corrected chi connectivity index (χ4v) is 1.88. The zero-order chi connectivity index (χ0) is 13.1. The van der Waals surface area contributed by atoms with Gasteiger partial charge >= 0.3 is 0 Å². The monoisotopic (exact) mass is 254 g/mol. The van der Waals surface area contributed by atoms with Crippen molar-refractivity contribution >= 4 is 22.8 Å². The molecule has 3 rings (SSSR count). The van der Waals surface area contributed by atoms with E-state index in [0.29, 0.717) is 11.7 Å². The van der Waals surface area contributed by atoms with Crippen LogP contribution in [0.4, 0.5) is 11.7 Å². The first-order chi connectivity index (χ1) is 9.31. The van der Waals surface area contributed by atoms with E-state index in [0.717, 1.165) is 24.1 Å². The summed E-state index contributed by atoms with van der Waals surface area (Å²) < 4.78 is 5.57. The lowest BCUT2D eigenvalue weighted by atomic mass is 10.2. The van der Waals surface area contributed by atoms with Crippen LogP contribution in [0.5, 0.6) is 0 Å². The summed E-state index contributed by atoms with van der Waals surface area (Å²) in [4.78, 5) is 8.41. The molecule has 2 aromatic heterocycles. The average Bonchev–Trinajstić information content (AvgIpc) is 2.82. The molecule has 3 N–H and O–H groups in total. The second-order valence-corrected chi connectivity index (χ2v) is 4.28. The van der Waals surface area contributed by atoms with Crippen LogP contribution in [-0.2, 0) is 6.42 Å². The van der Waals surface area contributed by atoms with Gasteiger partial charge < -0.3 is 15.5 Å². The standard InChI is InChI=1S/C14H14N4O/c15-11-3-4-13-12(8-11)18-14(19-13)17-7-5-10-2-1-6-16-9-10/h1-4,6,8-9H,5,7,15H2,(H,17,18). The van der Waals surface area contributed by atoms with Gasteiger partial charge in [-0.15, -0.1) is 0 Å². The molecular weight excluding hydrogens is 240 g/mol. The minimum atomic E-state index is 0.518. The molecule has 0 spiro atoms. The first-order valence-corrected chi connectivity index (χ1v) is 6.10. The van der Waals surface area contributed by atoms with Crippen LogP contribution in [0.1, 0.15) is 5.56 Å². The van der Waals surface area contributed by atoms with Gasteiger partial charge in [0.25, 0.3) is 6.01 Å². The van der Waals surface area contributed by atoms with Crippen LogP contribution < -0.4 is 11.1 Å². The number of fused-ring (bicyclic) bond motifs is 1. The third-order valence-corrected chi connectivity index (χ3v) is 2.82. The van der Waals surface area contributed by atoms with Gasteiger partial charge in [0.1, 0.15) is 5.52 Å². The van der Waals surface area contributed by atoms with E-state index in [4.69, 9.17) is 10.2 Å². The van der Waals surface area contributed by atoms with Crippen molar-refractivity contribution < 1.29 is 4.42 Å². The minimum absolute atomic E-state index is 0.518. The third-order valence-electron chi connectivity index (χ3n) is 2.82. The Morgan fingerprint density at radius 1 is 1.26 bits per heavy atom. The zero-order valence-electron chi connectivity index (χ0n) is 10.3. The number of aromatic nitrogens is 2. The Morgan fingerprint density at radius 2 is 2.21 bits per heavy atom. The minimum Gasteiger partial charge on any atom is -0.424 e. The summed E-state index contributed by atoms with van der Waals surface area (Å²) in [6, 6.07) is 9.91. The number of anilines is 2. The van der Waals surface area contributed by atoms with E-state index in [-0.39, 0.29) is 0 Å². The Morgan fingerprint density at radius 3 is 3.05 bits per heavy atom. The van der Waals surface area contributed by atoms with Crippen LogP contribution in [0, 0.1) is 0 Å². The molecule has 0 amide bonds. The lowest BCUT2D eigenvalue weighted by molar-refractivity contribution is 0.614. The molecular formula is C14H14N4O. The van der Waals surface area contributed by atoms with Gasteiger partial charge in [-0.1, -0.05) is 6.07 Å². The van der Waals surface area contributed by atoms with Gasteiger partial charge in [-0.2, -0.15) is 4.98 Å². The summed E-state index contributed by atoms with van der Waals surface area (Å²) in [7, 11) is 0. The van der Waals surface area contributed by atoms with Crippen molar-refractivity contribution in [3.8, 4) is 0 Å². The van der Waals surface area contributed by atoms with E-state index in [1.807, 2.05) is 24.4 Å². The van der Waals surface area contributed by atoms with Crippen molar-refractivity contribution in [3.63, 3.8) is 0 Å². The summed E-state index contributed by atoms with van der Waals surface area (Å²) in [5.74, 6) is 0. The maximum atomic E-state index is 5.70. The number of nitrogens with one attached hydrogen (secondary N) is 1. The Bertz CT molecular complexity index is 678. The highest BCUT2D eigenvalue weighted by Gasteiger charge is 2.05. The van der Waals surface area contributed by atoms with Crippen LogP contribution in [-0.4, -0.2) is 16.5 Å². The Kier molecular flexibility index (Phi) is 3.02. The first-order valence-electron chi connectivity index (χ1n) is 6.10. The van der Waals surface area contributed by atoms with Gasteiger partial charge in [0, 0.05) is 24.6 Å². The third kappa shape index (κ3) is 2.65. The molecule has 96 valence electrons. The molecule has 0 saturated carbocycles. The maximum absolute atomic E-state index is 5.70. The SMILES string of the molecule is Nc1ccc2oc(NCCc3cccnc3)nc2c1. The molecule has 0 unspecified atom stereocenters. The molecule has 0 radical (unpaired) electrons. The molecule has 0 aliphatic heterocycles. The molecule has 3 aromatic rings. The van der Waals surface area contributed by atoms with Crippen LogP contribution in [0.3, 0.4) is 0 Å². The fraction of sp³-hybridized carbons (Fsp3) is 0.143. The summed E-state index contributed by atoms with van der Waals surface area (Å²) in [6.07, 6.45) is 4.49. The predicted molar refractivity (Wildman–Crippen MR) is 74.9 cm³/mol. The van der Waals surface area contributed by atoms with Gasteiger partial charge in [0.15, 0.2) is 5.58 Å². The average molecular weight is 254 g/mol. The molecule has 5 heteroatoms. The molecule has 0 saturated heterocycles. The number of nitrogens with two attached hydrogens (primary N) is 1. The van der Waals surface area contributed by atoms with Crippen LogP contribution in [0.25, 0.3) is 11.1 Å². The highest BCUT2D eigenvalue weighted by molar-refractivity contribution is 5.78. The number of benzene rings is 1. The van der Waals surface area contributed by atoms with Crippen molar-refractivity contribution in [2.45, 2.75) is 6.42 Å². The van der Waals surface area contributed by atoms with Gasteiger partial charge in [0.2, 0.25) is 0 Å². The summed E-state index contributed by atoms with van der Waals surface area (Å²) in [5, 5.41) is 3.16. The molecule has 1 aromatic carbocycles. The Hall–Kier alpha value is -2.56. The van der Waals surface area contributed by atoms with Gasteiger partial charge in [-0.3, -0.25) is 4.98 Å². The Balaban J connectivity index is 1.65. The topological polar surface area (TPSA) is 77.0 Å². The maximum Gasteiger partial charge on any atom is 0.295 e. The Labute approximate surface area is 110 Å². The smallest absolute Gasteiger partial charge is 0.295 e. The highest BCUT2D eigenvalue weighted by atomic mass is 16.4. The van der Waals surface area contributed by atoms with E-state index < -0.39 is 0 Å². The van der Waals surface area contributed by atoms with Crippen LogP contribution in [0.15, 0.2) is 47.1 Å². The van der Waals surface area contributed by atoms with Crippen molar-refractivity contribution in [1.29, 1.82) is 0 Å². The van der Waals surface area contributed by atoms with Crippen LogP contribution in [0.2, 0.25) is 0 Å². The molecule has 0 fully saturated rings. The number of nitrogens with zero attached hydrogens (tertiary/aromatic N) is 2. The quantitative estimate of drug-likeness (QED) is 0.699. The largest absolute Gasteiger partial charge is 0.424 e. The predicted octanol–water partition coefficient (Wildman–Crippen LogP) is 2.46. The van der Waals surface area contributed by atoms with Crippen molar-refractivity contribution in [1.82, 2.24) is 9.97 Å². The highest BCUT2D eigenvalue weighted by Crippen LogP contribution is 2.20. The van der Waals surface area contributed by atoms with Gasteiger partial charge in [0.05, 0.1) is 0 Å². The molecule has 2 heterocycles. The number of hydrogen-bond donors (Lipinski definition) is 2. The van der Waals surface area contributed by atoms with Gasteiger partial charge in [-0.25, -0.2) is 0 Å². The number of rotatable bonds is 4. The second kappa shape index (κ2) is 4.97. The molecule has 5 nitrogen and oxygen atoms in total.